The van der Waals surface area contributed by atoms with Crippen LogP contribution >= 0.6 is 50.1 Å². The van der Waals surface area contributed by atoms with E-state index in [9.17, 15) is 4.79 Å². The van der Waals surface area contributed by atoms with E-state index in [0.29, 0.717) is 5.92 Å². The number of rotatable bonds is 2. The monoisotopic (exact) mass is 455 g/mol. The minimum atomic E-state index is 0.117. The molecule has 0 bridgehead atoms. The van der Waals surface area contributed by atoms with Gasteiger partial charge in [0.05, 0.1) is 5.56 Å². The summed E-state index contributed by atoms with van der Waals surface area (Å²) < 4.78 is 1.94. The van der Waals surface area contributed by atoms with E-state index in [1.54, 1.807) is 0 Å². The zero-order chi connectivity index (χ0) is 14.0. The molecule has 19 heavy (non-hydrogen) atoms. The number of halogens is 3. The summed E-state index contributed by atoms with van der Waals surface area (Å²) in [6.07, 6.45) is 2.00. The van der Waals surface area contributed by atoms with E-state index in [2.05, 4.69) is 38.5 Å². The first kappa shape index (κ1) is 15.6. The Bertz CT molecular complexity index is 473. The average molecular weight is 457 g/mol. The molecule has 0 saturated carbocycles. The molecule has 2 nitrogen and oxygen atoms in total. The molecule has 2 rings (SSSR count). The highest BCUT2D eigenvalue weighted by molar-refractivity contribution is 14.1. The molecule has 0 aliphatic carbocycles. The Balaban J connectivity index is 2.07. The van der Waals surface area contributed by atoms with Crippen LogP contribution in [-0.2, 0) is 0 Å². The fraction of sp³-hybridized carbons (Fsp3) is 0.500. The number of likely N-dealkylation sites (tertiary alicyclic amines) is 1. The van der Waals surface area contributed by atoms with Crippen LogP contribution in [0.25, 0.3) is 0 Å². The maximum atomic E-state index is 12.5. The van der Waals surface area contributed by atoms with Gasteiger partial charge in [-0.25, -0.2) is 0 Å². The van der Waals surface area contributed by atoms with Crippen molar-refractivity contribution in [3.63, 3.8) is 0 Å². The van der Waals surface area contributed by atoms with Gasteiger partial charge in [0, 0.05) is 26.5 Å². The van der Waals surface area contributed by atoms with Crippen LogP contribution in [0.1, 0.15) is 30.1 Å². The molecular formula is C14H16BrClINO. The zero-order valence-corrected chi connectivity index (χ0v) is 15.2. The third kappa shape index (κ3) is 3.85. The molecule has 1 aromatic carbocycles. The van der Waals surface area contributed by atoms with E-state index < -0.39 is 0 Å². The van der Waals surface area contributed by atoms with Crippen molar-refractivity contribution < 1.29 is 4.79 Å². The number of amides is 1. The molecule has 5 heteroatoms. The van der Waals surface area contributed by atoms with Gasteiger partial charge in [0.25, 0.3) is 5.91 Å². The van der Waals surface area contributed by atoms with Gasteiger partial charge in [0.15, 0.2) is 0 Å². The van der Waals surface area contributed by atoms with Gasteiger partial charge in [-0.3, -0.25) is 4.79 Å². The molecule has 1 aromatic rings. The summed E-state index contributed by atoms with van der Waals surface area (Å²) in [6, 6.07) is 5.86. The van der Waals surface area contributed by atoms with Crippen LogP contribution in [0.2, 0.25) is 0 Å². The van der Waals surface area contributed by atoms with Crippen LogP contribution in [0.15, 0.2) is 22.7 Å². The zero-order valence-electron chi connectivity index (χ0n) is 10.7. The summed E-state index contributed by atoms with van der Waals surface area (Å²) in [6.45, 7) is 3.65. The van der Waals surface area contributed by atoms with E-state index in [4.69, 9.17) is 11.6 Å². The molecule has 0 spiro atoms. The largest absolute Gasteiger partial charge is 0.339 e. The van der Waals surface area contributed by atoms with E-state index in [0.717, 1.165) is 39.5 Å². The quantitative estimate of drug-likeness (QED) is 0.473. The van der Waals surface area contributed by atoms with Crippen LogP contribution in [0.3, 0.4) is 0 Å². The standard InChI is InChI=1S/C14H16BrClINO/c1-9(16)10-4-6-18(7-5-10)14(19)12-8-11(17)2-3-13(12)15/h2-3,8-10H,4-7H2,1H3. The lowest BCUT2D eigenvalue weighted by atomic mass is 9.93. The van der Waals surface area contributed by atoms with E-state index in [1.807, 2.05) is 30.0 Å². The average Bonchev–Trinajstić information content (AvgIpc) is 2.41. The molecule has 104 valence electrons. The fourth-order valence-corrected chi connectivity index (χ4v) is 3.55. The molecule has 1 unspecified atom stereocenters. The van der Waals surface area contributed by atoms with Crippen LogP contribution in [0.5, 0.6) is 0 Å². The molecule has 1 heterocycles. The van der Waals surface area contributed by atoms with Crippen molar-refractivity contribution >= 4 is 56.0 Å². The van der Waals surface area contributed by atoms with Crippen LogP contribution in [-0.4, -0.2) is 29.3 Å². The second-order valence-corrected chi connectivity index (χ2v) is 7.72. The highest BCUT2D eigenvalue weighted by atomic mass is 127. The summed E-state index contributed by atoms with van der Waals surface area (Å²) in [5, 5.41) is 0.196. The molecule has 1 amide bonds. The van der Waals surface area contributed by atoms with Crippen molar-refractivity contribution in [2.45, 2.75) is 25.1 Å². The minimum Gasteiger partial charge on any atom is -0.339 e. The lowest BCUT2D eigenvalue weighted by Crippen LogP contribution is -2.40. The third-order valence-electron chi connectivity index (χ3n) is 3.64. The summed E-state index contributed by atoms with van der Waals surface area (Å²) in [5.41, 5.74) is 0.754. The van der Waals surface area contributed by atoms with Crippen molar-refractivity contribution in [1.29, 1.82) is 0 Å². The maximum absolute atomic E-state index is 12.5. The van der Waals surface area contributed by atoms with E-state index in [-0.39, 0.29) is 11.3 Å². The lowest BCUT2D eigenvalue weighted by molar-refractivity contribution is 0.0689. The molecule has 1 fully saturated rings. The Morgan fingerprint density at radius 2 is 2.11 bits per heavy atom. The summed E-state index contributed by atoms with van der Waals surface area (Å²) in [4.78, 5) is 14.4. The molecule has 1 saturated heterocycles. The van der Waals surface area contributed by atoms with Crippen LogP contribution < -0.4 is 0 Å². The van der Waals surface area contributed by atoms with Gasteiger partial charge in [-0.2, -0.15) is 0 Å². The van der Waals surface area contributed by atoms with Gasteiger partial charge in [-0.1, -0.05) is 0 Å². The predicted molar refractivity (Wildman–Crippen MR) is 90.8 cm³/mol. The number of piperidine rings is 1. The highest BCUT2D eigenvalue weighted by Gasteiger charge is 2.26. The first-order valence-corrected chi connectivity index (χ1v) is 8.68. The lowest BCUT2D eigenvalue weighted by Gasteiger charge is -2.33. The number of nitrogens with zero attached hydrogens (tertiary/aromatic N) is 1. The maximum Gasteiger partial charge on any atom is 0.255 e. The smallest absolute Gasteiger partial charge is 0.255 e. The molecule has 0 N–H and O–H groups in total. The van der Waals surface area contributed by atoms with Crippen molar-refractivity contribution in [3.8, 4) is 0 Å². The molecule has 1 aliphatic heterocycles. The Kier molecular flexibility index (Phi) is 5.55. The summed E-state index contributed by atoms with van der Waals surface area (Å²) in [5.74, 6) is 0.649. The molecule has 1 aliphatic rings. The van der Waals surface area contributed by atoms with Gasteiger partial charge < -0.3 is 4.90 Å². The fourth-order valence-electron chi connectivity index (χ4n) is 2.39. The minimum absolute atomic E-state index is 0.117. The Morgan fingerprint density at radius 3 is 2.68 bits per heavy atom. The Hall–Kier alpha value is 0.190. The topological polar surface area (TPSA) is 20.3 Å². The van der Waals surface area contributed by atoms with Crippen molar-refractivity contribution in [2.75, 3.05) is 13.1 Å². The van der Waals surface area contributed by atoms with E-state index >= 15 is 0 Å². The number of alkyl halides is 1. The van der Waals surface area contributed by atoms with Crippen LogP contribution in [0.4, 0.5) is 0 Å². The first-order chi connectivity index (χ1) is 8.99. The number of hydrogen-bond donors (Lipinski definition) is 0. The predicted octanol–water partition coefficient (Wildman–Crippen LogP) is 4.53. The molecule has 0 radical (unpaired) electrons. The molecule has 1 atom stereocenters. The highest BCUT2D eigenvalue weighted by Crippen LogP contribution is 2.27. The van der Waals surface area contributed by atoms with Gasteiger partial charge in [-0.15, -0.1) is 11.6 Å². The number of hydrogen-bond acceptors (Lipinski definition) is 1. The van der Waals surface area contributed by atoms with Crippen molar-refractivity contribution in [2.24, 2.45) is 5.92 Å². The van der Waals surface area contributed by atoms with Crippen molar-refractivity contribution in [3.05, 3.63) is 31.8 Å². The second kappa shape index (κ2) is 6.76. The Labute approximate surface area is 141 Å². The van der Waals surface area contributed by atoms with Gasteiger partial charge >= 0.3 is 0 Å². The summed E-state index contributed by atoms with van der Waals surface area (Å²) >= 11 is 11.8. The van der Waals surface area contributed by atoms with Gasteiger partial charge in [0.1, 0.15) is 0 Å². The van der Waals surface area contributed by atoms with E-state index in [1.165, 1.54) is 0 Å². The molecule has 0 aromatic heterocycles. The second-order valence-electron chi connectivity index (χ2n) is 4.93. The number of carbonyl (C=O) groups is 1. The number of benzene rings is 1. The van der Waals surface area contributed by atoms with Crippen LogP contribution in [0, 0.1) is 9.49 Å². The first-order valence-electron chi connectivity index (χ1n) is 6.37. The van der Waals surface area contributed by atoms with Gasteiger partial charge in [-0.05, 0) is 82.4 Å². The third-order valence-corrected chi connectivity index (χ3v) is 5.35. The number of carbonyl (C=O) groups excluding carboxylic acids is 1. The normalized spacial score (nSPS) is 18.4. The summed E-state index contributed by atoms with van der Waals surface area (Å²) in [7, 11) is 0. The van der Waals surface area contributed by atoms with Crippen molar-refractivity contribution in [1.82, 2.24) is 4.90 Å². The Morgan fingerprint density at radius 1 is 1.47 bits per heavy atom. The van der Waals surface area contributed by atoms with Gasteiger partial charge in [0.2, 0.25) is 0 Å². The molecular weight excluding hydrogens is 440 g/mol. The SMILES string of the molecule is CC(Cl)C1CCN(C(=O)c2cc(I)ccc2Br)CC1.